The van der Waals surface area contributed by atoms with Gasteiger partial charge >= 0.3 is 6.03 Å². The molecular weight excluding hydrogens is 294 g/mol. The van der Waals surface area contributed by atoms with Crippen LogP contribution in [0.2, 0.25) is 0 Å². The summed E-state index contributed by atoms with van der Waals surface area (Å²) in [4.78, 5) is 18.7. The highest BCUT2D eigenvalue weighted by Gasteiger charge is 2.35. The van der Waals surface area contributed by atoms with Gasteiger partial charge in [-0.1, -0.05) is 0 Å². The van der Waals surface area contributed by atoms with E-state index in [9.17, 15) is 4.79 Å². The van der Waals surface area contributed by atoms with Crippen LogP contribution in [0.3, 0.4) is 0 Å². The zero-order valence-electron chi connectivity index (χ0n) is 13.8. The molecule has 0 bridgehead atoms. The molecule has 1 aromatic heterocycles. The van der Waals surface area contributed by atoms with Crippen LogP contribution in [0.4, 0.5) is 4.79 Å². The van der Waals surface area contributed by atoms with Crippen molar-refractivity contribution in [3.05, 3.63) is 5.82 Å². The Labute approximate surface area is 136 Å². The van der Waals surface area contributed by atoms with E-state index in [0.29, 0.717) is 12.1 Å². The quantitative estimate of drug-likeness (QED) is 0.800. The molecule has 0 unspecified atom stereocenters. The Kier molecular flexibility index (Phi) is 3.92. The number of nitrogens with zero attached hydrogens (tertiary/aromatic N) is 7. The van der Waals surface area contributed by atoms with Crippen LogP contribution in [0.15, 0.2) is 0 Å². The normalized spacial score (nSPS) is 24.0. The second-order valence-electron chi connectivity index (χ2n) is 6.83. The van der Waals surface area contributed by atoms with Gasteiger partial charge in [0.15, 0.2) is 5.82 Å². The number of aromatic nitrogens is 4. The molecule has 1 saturated carbocycles. The van der Waals surface area contributed by atoms with E-state index < -0.39 is 0 Å². The average Bonchev–Trinajstić information content (AvgIpc) is 3.20. The molecule has 8 nitrogen and oxygen atoms in total. The average molecular weight is 319 g/mol. The van der Waals surface area contributed by atoms with Crippen LogP contribution >= 0.6 is 0 Å². The maximum absolute atomic E-state index is 12.3. The van der Waals surface area contributed by atoms with E-state index in [-0.39, 0.29) is 6.03 Å². The number of likely N-dealkylation sites (tertiary alicyclic amines) is 1. The smallest absolute Gasteiger partial charge is 0.320 e. The largest absolute Gasteiger partial charge is 0.323 e. The highest BCUT2D eigenvalue weighted by molar-refractivity contribution is 5.76. The van der Waals surface area contributed by atoms with Crippen molar-refractivity contribution in [2.45, 2.75) is 51.2 Å². The Balaban J connectivity index is 1.31. The third-order valence-electron chi connectivity index (χ3n) is 5.33. The van der Waals surface area contributed by atoms with Crippen LogP contribution in [0.1, 0.15) is 44.5 Å². The Morgan fingerprint density at radius 2 is 1.83 bits per heavy atom. The second-order valence-corrected chi connectivity index (χ2v) is 6.83. The first-order valence-electron chi connectivity index (χ1n) is 8.81. The lowest BCUT2D eigenvalue weighted by molar-refractivity contribution is 0.124. The van der Waals surface area contributed by atoms with Crippen molar-refractivity contribution in [1.29, 1.82) is 0 Å². The predicted octanol–water partition coefficient (Wildman–Crippen LogP) is 0.730. The highest BCUT2D eigenvalue weighted by atomic mass is 16.2. The molecule has 2 aliphatic heterocycles. The van der Waals surface area contributed by atoms with Gasteiger partial charge in [0.05, 0.1) is 12.6 Å². The van der Waals surface area contributed by atoms with Gasteiger partial charge in [0.2, 0.25) is 0 Å². The van der Waals surface area contributed by atoms with Crippen molar-refractivity contribution in [2.24, 2.45) is 0 Å². The summed E-state index contributed by atoms with van der Waals surface area (Å²) in [6, 6.07) is 1.15. The standard InChI is InChI=1S/C15H25N7O/c1-2-20-9-10-21(15(20)23)12-5-7-19(8-6-12)11-14-16-17-18-22(14)13-3-4-13/h12-13H,2-11H2,1H3. The molecule has 1 aliphatic carbocycles. The van der Waals surface area contributed by atoms with Gasteiger partial charge in [-0.3, -0.25) is 4.90 Å². The predicted molar refractivity (Wildman–Crippen MR) is 83.7 cm³/mol. The van der Waals surface area contributed by atoms with Gasteiger partial charge in [-0.25, -0.2) is 9.48 Å². The first-order valence-corrected chi connectivity index (χ1v) is 8.81. The van der Waals surface area contributed by atoms with Crippen molar-refractivity contribution >= 4 is 6.03 Å². The van der Waals surface area contributed by atoms with E-state index >= 15 is 0 Å². The van der Waals surface area contributed by atoms with Crippen molar-refractivity contribution < 1.29 is 4.79 Å². The molecule has 3 heterocycles. The number of rotatable bonds is 5. The van der Waals surface area contributed by atoms with Gasteiger partial charge in [-0.2, -0.15) is 0 Å². The molecule has 2 amide bonds. The molecule has 0 atom stereocenters. The molecule has 0 spiro atoms. The molecule has 2 saturated heterocycles. The summed E-state index contributed by atoms with van der Waals surface area (Å²) in [7, 11) is 0. The molecule has 0 N–H and O–H groups in total. The number of carbonyl (C=O) groups is 1. The zero-order valence-corrected chi connectivity index (χ0v) is 13.8. The molecule has 3 aliphatic rings. The number of tetrazole rings is 1. The Bertz CT molecular complexity index is 562. The lowest BCUT2D eigenvalue weighted by Gasteiger charge is -2.36. The van der Waals surface area contributed by atoms with Gasteiger partial charge < -0.3 is 9.80 Å². The Morgan fingerprint density at radius 1 is 1.04 bits per heavy atom. The van der Waals surface area contributed by atoms with Crippen molar-refractivity contribution in [3.8, 4) is 0 Å². The second kappa shape index (κ2) is 6.07. The molecular formula is C15H25N7O. The summed E-state index contributed by atoms with van der Waals surface area (Å²) in [5, 5.41) is 12.1. The van der Waals surface area contributed by atoms with Gasteiger partial charge in [-0.05, 0) is 43.0 Å². The molecule has 0 radical (unpaired) electrons. The van der Waals surface area contributed by atoms with E-state index in [1.165, 1.54) is 12.8 Å². The van der Waals surface area contributed by atoms with Crippen molar-refractivity contribution in [1.82, 2.24) is 34.9 Å². The van der Waals surface area contributed by atoms with Gasteiger partial charge in [0, 0.05) is 38.8 Å². The minimum Gasteiger partial charge on any atom is -0.323 e. The highest BCUT2D eigenvalue weighted by Crippen LogP contribution is 2.34. The minimum absolute atomic E-state index is 0.226. The molecule has 8 heteroatoms. The molecule has 3 fully saturated rings. The lowest BCUT2D eigenvalue weighted by atomic mass is 10.0. The van der Waals surface area contributed by atoms with Crippen LogP contribution in [-0.4, -0.2) is 79.7 Å². The topological polar surface area (TPSA) is 70.4 Å². The third kappa shape index (κ3) is 2.91. The van der Waals surface area contributed by atoms with E-state index in [1.807, 2.05) is 16.5 Å². The van der Waals surface area contributed by atoms with Gasteiger partial charge in [-0.15, -0.1) is 5.10 Å². The molecule has 4 rings (SSSR count). The van der Waals surface area contributed by atoms with Crippen LogP contribution < -0.4 is 0 Å². The van der Waals surface area contributed by atoms with Crippen LogP contribution in [-0.2, 0) is 6.54 Å². The summed E-state index contributed by atoms with van der Waals surface area (Å²) in [5.74, 6) is 0.986. The maximum Gasteiger partial charge on any atom is 0.320 e. The third-order valence-corrected chi connectivity index (χ3v) is 5.33. The summed E-state index contributed by atoms with van der Waals surface area (Å²) in [5.41, 5.74) is 0. The fourth-order valence-corrected chi connectivity index (χ4v) is 3.74. The number of urea groups is 1. The number of likely N-dealkylation sites (N-methyl/N-ethyl adjacent to an activating group) is 1. The number of piperidine rings is 1. The number of amides is 2. The number of hydrogen-bond acceptors (Lipinski definition) is 5. The lowest BCUT2D eigenvalue weighted by Crippen LogP contribution is -2.46. The van der Waals surface area contributed by atoms with Crippen LogP contribution in [0.5, 0.6) is 0 Å². The first-order chi connectivity index (χ1) is 11.3. The monoisotopic (exact) mass is 319 g/mol. The maximum atomic E-state index is 12.3. The van der Waals surface area contributed by atoms with Gasteiger partial charge in [0.1, 0.15) is 0 Å². The molecule has 0 aromatic carbocycles. The SMILES string of the molecule is CCN1CCN(C2CCN(Cc3nnnn3C3CC3)CC2)C1=O. The first kappa shape index (κ1) is 14.9. The number of carbonyl (C=O) groups excluding carboxylic acids is 1. The Morgan fingerprint density at radius 3 is 2.48 bits per heavy atom. The Hall–Kier alpha value is -1.70. The summed E-state index contributed by atoms with van der Waals surface area (Å²) in [6.45, 7) is 7.48. The molecule has 1 aromatic rings. The van der Waals surface area contributed by atoms with Crippen LogP contribution in [0, 0.1) is 0 Å². The van der Waals surface area contributed by atoms with E-state index in [1.54, 1.807) is 0 Å². The van der Waals surface area contributed by atoms with Crippen molar-refractivity contribution in [2.75, 3.05) is 32.7 Å². The van der Waals surface area contributed by atoms with E-state index in [0.717, 1.165) is 57.9 Å². The zero-order chi connectivity index (χ0) is 15.8. The molecule has 126 valence electrons. The summed E-state index contributed by atoms with van der Waals surface area (Å²) < 4.78 is 2.00. The molecule has 23 heavy (non-hydrogen) atoms. The fraction of sp³-hybridized carbons (Fsp3) is 0.867. The van der Waals surface area contributed by atoms with E-state index in [4.69, 9.17) is 0 Å². The summed E-state index contributed by atoms with van der Waals surface area (Å²) in [6.07, 6.45) is 4.50. The minimum atomic E-state index is 0.226. The van der Waals surface area contributed by atoms with Crippen LogP contribution in [0.25, 0.3) is 0 Å². The van der Waals surface area contributed by atoms with E-state index in [2.05, 4.69) is 25.3 Å². The number of hydrogen-bond donors (Lipinski definition) is 0. The fourth-order valence-electron chi connectivity index (χ4n) is 3.74. The summed E-state index contributed by atoms with van der Waals surface area (Å²) >= 11 is 0. The van der Waals surface area contributed by atoms with Crippen molar-refractivity contribution in [3.63, 3.8) is 0 Å². The van der Waals surface area contributed by atoms with Gasteiger partial charge in [0.25, 0.3) is 0 Å².